The van der Waals surface area contributed by atoms with Gasteiger partial charge in [-0.3, -0.25) is 14.5 Å². The fraction of sp³-hybridized carbons (Fsp3) is 0.929. The van der Waals surface area contributed by atoms with E-state index < -0.39 is 0 Å². The largest absolute Gasteiger partial charge is 0.341 e. The number of likely N-dealkylation sites (N-methyl/N-ethyl adjacent to an activating group) is 1. The van der Waals surface area contributed by atoms with Crippen LogP contribution in [-0.2, 0) is 9.59 Å². The monoisotopic (exact) mass is 476 g/mol. The van der Waals surface area contributed by atoms with E-state index in [-0.39, 0.29) is 23.9 Å². The summed E-state index contributed by atoms with van der Waals surface area (Å²) < 4.78 is 0. The molecule has 0 N–H and O–H groups in total. The minimum atomic E-state index is -0.303. The molecule has 6 nitrogen and oxygen atoms in total. The first-order valence-electron chi connectivity index (χ1n) is 14.2. The SMILES string of the molecule is CC(C)CC(C(=O)N1CCC(CCN2CCC(C)CC2)CC1)N1CCN(C)[C@@H](CC(C)C)C1=O. The molecule has 0 radical (unpaired) electrons. The molecule has 0 aromatic carbocycles. The average molecular weight is 477 g/mol. The van der Waals surface area contributed by atoms with Crippen molar-refractivity contribution in [2.75, 3.05) is 52.9 Å². The quantitative estimate of drug-likeness (QED) is 0.506. The lowest BCUT2D eigenvalue weighted by molar-refractivity contribution is -0.154. The van der Waals surface area contributed by atoms with Gasteiger partial charge in [-0.05, 0) is 95.3 Å². The summed E-state index contributed by atoms with van der Waals surface area (Å²) in [5, 5.41) is 0. The van der Waals surface area contributed by atoms with Crippen molar-refractivity contribution in [1.29, 1.82) is 0 Å². The molecule has 3 saturated heterocycles. The molecule has 3 aliphatic heterocycles. The summed E-state index contributed by atoms with van der Waals surface area (Å²) in [5.41, 5.74) is 0. The zero-order valence-corrected chi connectivity index (χ0v) is 23.0. The molecule has 0 aliphatic carbocycles. The highest BCUT2D eigenvalue weighted by Crippen LogP contribution is 2.27. The van der Waals surface area contributed by atoms with Gasteiger partial charge in [0.05, 0.1) is 6.04 Å². The van der Waals surface area contributed by atoms with Crippen LogP contribution in [-0.4, -0.2) is 96.4 Å². The second kappa shape index (κ2) is 12.7. The summed E-state index contributed by atoms with van der Waals surface area (Å²) in [6, 6.07) is -0.400. The van der Waals surface area contributed by atoms with Crippen LogP contribution < -0.4 is 0 Å². The molecule has 34 heavy (non-hydrogen) atoms. The molecule has 2 amide bonds. The molecule has 0 aromatic heterocycles. The maximum Gasteiger partial charge on any atom is 0.245 e. The molecule has 2 atom stereocenters. The standard InChI is InChI=1S/C28H52N4O2/c1-21(2)19-25-28(34)32(18-17-29(25)6)26(20-22(3)4)27(33)31-15-10-24(11-16-31)9-14-30-12-7-23(5)8-13-30/h21-26H,7-20H2,1-6H3/t25-,26?/m0/s1. The zero-order chi connectivity index (χ0) is 24.8. The molecule has 0 bridgehead atoms. The minimum absolute atomic E-state index is 0.0975. The van der Waals surface area contributed by atoms with E-state index in [1.54, 1.807) is 0 Å². The number of carbonyl (C=O) groups excluding carboxylic acids is 2. The van der Waals surface area contributed by atoms with E-state index in [9.17, 15) is 9.59 Å². The number of piperidine rings is 2. The number of amides is 2. The number of carbonyl (C=O) groups is 2. The molecule has 1 unspecified atom stereocenters. The van der Waals surface area contributed by atoms with E-state index in [0.29, 0.717) is 18.4 Å². The van der Waals surface area contributed by atoms with Crippen LogP contribution in [0.1, 0.15) is 79.6 Å². The average Bonchev–Trinajstić information content (AvgIpc) is 2.80. The fourth-order valence-corrected chi connectivity index (χ4v) is 6.06. The summed E-state index contributed by atoms with van der Waals surface area (Å²) >= 11 is 0. The van der Waals surface area contributed by atoms with Crippen LogP contribution in [0, 0.1) is 23.7 Å². The van der Waals surface area contributed by atoms with Crippen LogP contribution in [0.2, 0.25) is 0 Å². The lowest BCUT2D eigenvalue weighted by Gasteiger charge is -2.44. The van der Waals surface area contributed by atoms with E-state index in [2.05, 4.69) is 56.4 Å². The number of hydrogen-bond donors (Lipinski definition) is 0. The van der Waals surface area contributed by atoms with Crippen molar-refractivity contribution in [3.63, 3.8) is 0 Å². The van der Waals surface area contributed by atoms with E-state index in [0.717, 1.165) is 57.2 Å². The summed E-state index contributed by atoms with van der Waals surface area (Å²) in [4.78, 5) is 36.1. The first-order chi connectivity index (χ1) is 16.2. The van der Waals surface area contributed by atoms with Gasteiger partial charge in [0.1, 0.15) is 6.04 Å². The highest BCUT2D eigenvalue weighted by atomic mass is 16.2. The summed E-state index contributed by atoms with van der Waals surface area (Å²) in [6.07, 6.45) is 7.78. The number of rotatable bonds is 9. The lowest BCUT2D eigenvalue weighted by atomic mass is 9.91. The van der Waals surface area contributed by atoms with Gasteiger partial charge in [-0.25, -0.2) is 0 Å². The van der Waals surface area contributed by atoms with Gasteiger partial charge in [-0.1, -0.05) is 34.6 Å². The van der Waals surface area contributed by atoms with Crippen LogP contribution >= 0.6 is 0 Å². The summed E-state index contributed by atoms with van der Waals surface area (Å²) in [7, 11) is 2.05. The van der Waals surface area contributed by atoms with Crippen molar-refractivity contribution in [3.8, 4) is 0 Å². The van der Waals surface area contributed by atoms with Gasteiger partial charge < -0.3 is 14.7 Å². The van der Waals surface area contributed by atoms with Crippen molar-refractivity contribution in [1.82, 2.24) is 19.6 Å². The molecule has 3 heterocycles. The van der Waals surface area contributed by atoms with Gasteiger partial charge in [0.25, 0.3) is 0 Å². The number of nitrogens with zero attached hydrogens (tertiary/aromatic N) is 4. The molecule has 6 heteroatoms. The fourth-order valence-electron chi connectivity index (χ4n) is 6.06. The summed E-state index contributed by atoms with van der Waals surface area (Å²) in [5.74, 6) is 2.81. The first kappa shape index (κ1) is 27.4. The minimum Gasteiger partial charge on any atom is -0.341 e. The topological polar surface area (TPSA) is 47.1 Å². The molecule has 3 rings (SSSR count). The predicted molar refractivity (Wildman–Crippen MR) is 140 cm³/mol. The molecular formula is C28H52N4O2. The van der Waals surface area contributed by atoms with Crippen molar-refractivity contribution in [3.05, 3.63) is 0 Å². The first-order valence-corrected chi connectivity index (χ1v) is 14.2. The Balaban J connectivity index is 1.55. The molecule has 196 valence electrons. The molecule has 0 aromatic rings. The Morgan fingerprint density at radius 2 is 1.56 bits per heavy atom. The van der Waals surface area contributed by atoms with Gasteiger partial charge in [-0.15, -0.1) is 0 Å². The predicted octanol–water partition coefficient (Wildman–Crippen LogP) is 3.95. The number of piperazine rings is 1. The van der Waals surface area contributed by atoms with E-state index in [4.69, 9.17) is 0 Å². The third-order valence-electron chi connectivity index (χ3n) is 8.50. The highest BCUT2D eigenvalue weighted by molar-refractivity contribution is 5.90. The third-order valence-corrected chi connectivity index (χ3v) is 8.50. The molecule has 3 aliphatic rings. The van der Waals surface area contributed by atoms with Gasteiger partial charge in [0, 0.05) is 26.2 Å². The van der Waals surface area contributed by atoms with Crippen molar-refractivity contribution >= 4 is 11.8 Å². The Kier molecular flexibility index (Phi) is 10.3. The van der Waals surface area contributed by atoms with Crippen molar-refractivity contribution in [2.45, 2.75) is 91.6 Å². The molecule has 0 saturated carbocycles. The van der Waals surface area contributed by atoms with Crippen LogP contribution in [0.4, 0.5) is 0 Å². The molecule has 3 fully saturated rings. The Bertz CT molecular complexity index is 651. The van der Waals surface area contributed by atoms with E-state index in [1.807, 2.05) is 4.90 Å². The third kappa shape index (κ3) is 7.43. The van der Waals surface area contributed by atoms with Crippen molar-refractivity contribution < 1.29 is 9.59 Å². The lowest BCUT2D eigenvalue weighted by Crippen LogP contribution is -2.62. The Morgan fingerprint density at radius 1 is 0.912 bits per heavy atom. The van der Waals surface area contributed by atoms with Crippen LogP contribution in [0.5, 0.6) is 0 Å². The van der Waals surface area contributed by atoms with Crippen LogP contribution in [0.25, 0.3) is 0 Å². The molecule has 0 spiro atoms. The van der Waals surface area contributed by atoms with Crippen LogP contribution in [0.15, 0.2) is 0 Å². The molecular weight excluding hydrogens is 424 g/mol. The van der Waals surface area contributed by atoms with Gasteiger partial charge >= 0.3 is 0 Å². The van der Waals surface area contributed by atoms with Gasteiger partial charge in [0.2, 0.25) is 11.8 Å². The Morgan fingerprint density at radius 3 is 2.15 bits per heavy atom. The summed E-state index contributed by atoms with van der Waals surface area (Å²) in [6.45, 7) is 18.0. The Labute approximate surface area is 209 Å². The smallest absolute Gasteiger partial charge is 0.245 e. The highest BCUT2D eigenvalue weighted by Gasteiger charge is 2.41. The van der Waals surface area contributed by atoms with Gasteiger partial charge in [0.15, 0.2) is 0 Å². The maximum atomic E-state index is 13.7. The zero-order valence-electron chi connectivity index (χ0n) is 23.0. The maximum absolute atomic E-state index is 13.7. The normalized spacial score (nSPS) is 25.5. The van der Waals surface area contributed by atoms with Gasteiger partial charge in [-0.2, -0.15) is 0 Å². The number of hydrogen-bond acceptors (Lipinski definition) is 4. The van der Waals surface area contributed by atoms with E-state index >= 15 is 0 Å². The van der Waals surface area contributed by atoms with E-state index in [1.165, 1.54) is 38.9 Å². The second-order valence-corrected chi connectivity index (χ2v) is 12.4. The van der Waals surface area contributed by atoms with Crippen molar-refractivity contribution in [2.24, 2.45) is 23.7 Å². The Hall–Kier alpha value is -1.14. The second-order valence-electron chi connectivity index (χ2n) is 12.4. The van der Waals surface area contributed by atoms with Crippen LogP contribution in [0.3, 0.4) is 0 Å². The number of likely N-dealkylation sites (tertiary alicyclic amines) is 2.